The monoisotopic (exact) mass is 433 g/mol. The summed E-state index contributed by atoms with van der Waals surface area (Å²) in [4.78, 5) is 12.3. The number of halogens is 1. The highest BCUT2D eigenvalue weighted by Gasteiger charge is 2.30. The van der Waals surface area contributed by atoms with Crippen molar-refractivity contribution < 1.29 is 23.7 Å². The lowest BCUT2D eigenvalue weighted by atomic mass is 9.84. The summed E-state index contributed by atoms with van der Waals surface area (Å²) in [6.07, 6.45) is 0.343. The Bertz CT molecular complexity index is 898. The summed E-state index contributed by atoms with van der Waals surface area (Å²) < 4.78 is 23.4. The molecule has 2 heterocycles. The normalized spacial score (nSPS) is 17.7. The molecule has 1 amide bonds. The highest BCUT2D eigenvalue weighted by molar-refractivity contribution is 9.10. The van der Waals surface area contributed by atoms with E-state index in [9.17, 15) is 4.79 Å². The van der Waals surface area contributed by atoms with Crippen LogP contribution in [0.15, 0.2) is 28.7 Å². The summed E-state index contributed by atoms with van der Waals surface area (Å²) in [6.45, 7) is 3.48. The summed E-state index contributed by atoms with van der Waals surface area (Å²) >= 11 is 3.57. The standard InChI is InChI=1S/C20H20BrNO5/c1-3-25-20-14(21)6-11(7-18(20)24-2)12-9-19(23)22-15-10-17-16(8-13(12)15)26-4-5-27-17/h6-8,10,12H,3-5,9H2,1-2H3,(H,22,23). The maximum Gasteiger partial charge on any atom is 0.225 e. The molecular formula is C20H20BrNO5. The summed E-state index contributed by atoms with van der Waals surface area (Å²) in [6, 6.07) is 7.72. The lowest BCUT2D eigenvalue weighted by Gasteiger charge is -2.29. The topological polar surface area (TPSA) is 66.0 Å². The Balaban J connectivity index is 1.81. The van der Waals surface area contributed by atoms with E-state index >= 15 is 0 Å². The fourth-order valence-corrected chi connectivity index (χ4v) is 4.09. The first-order valence-electron chi connectivity index (χ1n) is 8.84. The molecule has 2 aliphatic heterocycles. The summed E-state index contributed by atoms with van der Waals surface area (Å²) in [5.74, 6) is 2.50. The van der Waals surface area contributed by atoms with Gasteiger partial charge in [-0.3, -0.25) is 4.79 Å². The number of fused-ring (bicyclic) bond motifs is 2. The zero-order valence-electron chi connectivity index (χ0n) is 15.1. The third-order valence-electron chi connectivity index (χ3n) is 4.70. The van der Waals surface area contributed by atoms with E-state index in [-0.39, 0.29) is 11.8 Å². The number of benzene rings is 2. The SMILES string of the molecule is CCOc1c(Br)cc(C2CC(=O)Nc3cc4c(cc32)OCCO4)cc1OC. The molecule has 1 N–H and O–H groups in total. The van der Waals surface area contributed by atoms with Gasteiger partial charge in [0.25, 0.3) is 0 Å². The number of carbonyl (C=O) groups excluding carboxylic acids is 1. The van der Waals surface area contributed by atoms with Crippen LogP contribution in [0.25, 0.3) is 0 Å². The smallest absolute Gasteiger partial charge is 0.225 e. The van der Waals surface area contributed by atoms with Gasteiger partial charge in [-0.05, 0) is 52.2 Å². The molecule has 4 rings (SSSR count). The van der Waals surface area contributed by atoms with E-state index < -0.39 is 0 Å². The largest absolute Gasteiger partial charge is 0.493 e. The fourth-order valence-electron chi connectivity index (χ4n) is 3.52. The molecule has 142 valence electrons. The van der Waals surface area contributed by atoms with Crippen LogP contribution in [-0.2, 0) is 4.79 Å². The Hall–Kier alpha value is -2.41. The second-order valence-electron chi connectivity index (χ2n) is 6.36. The van der Waals surface area contributed by atoms with Crippen molar-refractivity contribution in [3.05, 3.63) is 39.9 Å². The van der Waals surface area contributed by atoms with Gasteiger partial charge in [0.05, 0.1) is 18.2 Å². The van der Waals surface area contributed by atoms with Gasteiger partial charge in [-0.15, -0.1) is 0 Å². The first-order chi connectivity index (χ1) is 13.1. The van der Waals surface area contributed by atoms with Crippen LogP contribution in [0.1, 0.15) is 30.4 Å². The summed E-state index contributed by atoms with van der Waals surface area (Å²) in [5, 5.41) is 2.94. The molecular weight excluding hydrogens is 414 g/mol. The highest BCUT2D eigenvalue weighted by atomic mass is 79.9. The zero-order chi connectivity index (χ0) is 19.0. The third-order valence-corrected chi connectivity index (χ3v) is 5.29. The second kappa shape index (κ2) is 7.31. The number of amides is 1. The third kappa shape index (κ3) is 3.32. The van der Waals surface area contributed by atoms with Crippen molar-refractivity contribution >= 4 is 27.5 Å². The number of hydrogen-bond donors (Lipinski definition) is 1. The van der Waals surface area contributed by atoms with E-state index in [0.29, 0.717) is 49.2 Å². The van der Waals surface area contributed by atoms with Crippen molar-refractivity contribution in [1.29, 1.82) is 0 Å². The number of anilines is 1. The molecule has 0 aliphatic carbocycles. The van der Waals surface area contributed by atoms with Crippen molar-refractivity contribution in [3.8, 4) is 23.0 Å². The van der Waals surface area contributed by atoms with E-state index in [1.165, 1.54) is 0 Å². The van der Waals surface area contributed by atoms with Crippen LogP contribution in [0.3, 0.4) is 0 Å². The predicted molar refractivity (Wildman–Crippen MR) is 104 cm³/mol. The Morgan fingerprint density at radius 2 is 1.93 bits per heavy atom. The number of methoxy groups -OCH3 is 1. The minimum atomic E-state index is -0.120. The quantitative estimate of drug-likeness (QED) is 0.785. The molecule has 6 nitrogen and oxygen atoms in total. The first kappa shape index (κ1) is 18.0. The van der Waals surface area contributed by atoms with Crippen LogP contribution in [0.4, 0.5) is 5.69 Å². The highest BCUT2D eigenvalue weighted by Crippen LogP contribution is 2.46. The molecule has 1 unspecified atom stereocenters. The van der Waals surface area contributed by atoms with Crippen LogP contribution >= 0.6 is 15.9 Å². The number of rotatable bonds is 4. The van der Waals surface area contributed by atoms with Crippen LogP contribution in [0.2, 0.25) is 0 Å². The van der Waals surface area contributed by atoms with Gasteiger partial charge in [-0.1, -0.05) is 0 Å². The van der Waals surface area contributed by atoms with Crippen LogP contribution in [0, 0.1) is 0 Å². The van der Waals surface area contributed by atoms with Crippen molar-refractivity contribution in [3.63, 3.8) is 0 Å². The van der Waals surface area contributed by atoms with Gasteiger partial charge in [-0.25, -0.2) is 0 Å². The molecule has 0 aromatic heterocycles. The molecule has 0 saturated heterocycles. The van der Waals surface area contributed by atoms with Crippen molar-refractivity contribution in [2.45, 2.75) is 19.3 Å². The lowest BCUT2D eigenvalue weighted by molar-refractivity contribution is -0.116. The van der Waals surface area contributed by atoms with Crippen LogP contribution in [-0.4, -0.2) is 32.8 Å². The summed E-state index contributed by atoms with van der Waals surface area (Å²) in [5.41, 5.74) is 2.72. The molecule has 2 aliphatic rings. The van der Waals surface area contributed by atoms with Gasteiger partial charge in [0.1, 0.15) is 13.2 Å². The van der Waals surface area contributed by atoms with Crippen LogP contribution < -0.4 is 24.3 Å². The van der Waals surface area contributed by atoms with Crippen molar-refractivity contribution in [2.24, 2.45) is 0 Å². The van der Waals surface area contributed by atoms with E-state index in [1.54, 1.807) is 7.11 Å². The molecule has 7 heteroatoms. The molecule has 27 heavy (non-hydrogen) atoms. The van der Waals surface area contributed by atoms with Gasteiger partial charge in [0.2, 0.25) is 5.91 Å². The van der Waals surface area contributed by atoms with E-state index in [1.807, 2.05) is 31.2 Å². The molecule has 0 radical (unpaired) electrons. The number of ether oxygens (including phenoxy) is 4. The average Bonchev–Trinajstić information content (AvgIpc) is 2.67. The van der Waals surface area contributed by atoms with E-state index in [0.717, 1.165) is 21.3 Å². The van der Waals surface area contributed by atoms with Gasteiger partial charge < -0.3 is 24.3 Å². The molecule has 0 saturated carbocycles. The average molecular weight is 434 g/mol. The molecule has 0 fully saturated rings. The van der Waals surface area contributed by atoms with Gasteiger partial charge in [0, 0.05) is 24.1 Å². The maximum atomic E-state index is 12.3. The minimum absolute atomic E-state index is 0.0341. The predicted octanol–water partition coefficient (Wildman–Crippen LogP) is 4.10. The molecule has 2 aromatic carbocycles. The van der Waals surface area contributed by atoms with E-state index in [2.05, 4.69) is 21.2 Å². The molecule has 2 aromatic rings. The Morgan fingerprint density at radius 1 is 1.19 bits per heavy atom. The molecule has 1 atom stereocenters. The molecule has 0 bridgehead atoms. The first-order valence-corrected chi connectivity index (χ1v) is 9.63. The summed E-state index contributed by atoms with van der Waals surface area (Å²) in [7, 11) is 1.61. The Labute approximate surface area is 165 Å². The second-order valence-corrected chi connectivity index (χ2v) is 7.21. The number of carbonyl (C=O) groups is 1. The van der Waals surface area contributed by atoms with Crippen molar-refractivity contribution in [2.75, 3.05) is 32.2 Å². The minimum Gasteiger partial charge on any atom is -0.493 e. The maximum absolute atomic E-state index is 12.3. The van der Waals surface area contributed by atoms with E-state index in [4.69, 9.17) is 18.9 Å². The van der Waals surface area contributed by atoms with Gasteiger partial charge in [0.15, 0.2) is 23.0 Å². The number of hydrogen-bond acceptors (Lipinski definition) is 5. The number of nitrogens with one attached hydrogen (secondary N) is 1. The Kier molecular flexibility index (Phi) is 4.86. The van der Waals surface area contributed by atoms with Crippen molar-refractivity contribution in [1.82, 2.24) is 0 Å². The Morgan fingerprint density at radius 3 is 2.63 bits per heavy atom. The fraction of sp³-hybridized carbons (Fsp3) is 0.350. The van der Waals surface area contributed by atoms with Gasteiger partial charge >= 0.3 is 0 Å². The van der Waals surface area contributed by atoms with Crippen LogP contribution in [0.5, 0.6) is 23.0 Å². The van der Waals surface area contributed by atoms with Gasteiger partial charge in [-0.2, -0.15) is 0 Å². The lowest BCUT2D eigenvalue weighted by Crippen LogP contribution is -2.25. The zero-order valence-corrected chi connectivity index (χ0v) is 16.7. The molecule has 0 spiro atoms.